The molecule has 0 rings (SSSR count). The Morgan fingerprint density at radius 3 is 1.07 bits per heavy atom. The van der Waals surface area contributed by atoms with Crippen molar-refractivity contribution in [3.63, 3.8) is 0 Å². The molecule has 0 atom stereocenters. The fourth-order valence-electron chi connectivity index (χ4n) is 1.27. The van der Waals surface area contributed by atoms with Crippen LogP contribution in [-0.2, 0) is 20.0 Å². The van der Waals surface area contributed by atoms with E-state index in [1.165, 1.54) is 0 Å². The molecule has 0 spiro atoms. The molecule has 0 aromatic carbocycles. The van der Waals surface area contributed by atoms with Gasteiger partial charge in [0.05, 0.1) is 41.3 Å². The van der Waals surface area contributed by atoms with Crippen molar-refractivity contribution in [3.05, 3.63) is 24.3 Å². The molecule has 0 aromatic rings. The topological polar surface area (TPSA) is 114 Å². The van der Waals surface area contributed by atoms with Gasteiger partial charge in [-0.25, -0.2) is 0 Å². The minimum absolute atomic E-state index is 0.164. The van der Waals surface area contributed by atoms with Crippen LogP contribution >= 0.6 is 0 Å². The van der Waals surface area contributed by atoms with Gasteiger partial charge in [-0.2, -0.15) is 0 Å². The first-order valence-corrected chi connectivity index (χ1v) is 9.79. The van der Waals surface area contributed by atoms with Crippen molar-refractivity contribution in [3.8, 4) is 0 Å². The summed E-state index contributed by atoms with van der Waals surface area (Å²) in [5.74, 6) is 0.328. The Bertz CT molecular complexity index is 574. The zero-order valence-corrected chi connectivity index (χ0v) is 18.8. The van der Waals surface area contributed by atoms with Crippen LogP contribution in [0.4, 0.5) is 0 Å². The third-order valence-corrected chi connectivity index (χ3v) is 3.81. The minimum Gasteiger partial charge on any atom is -0.759 e. The van der Waals surface area contributed by atoms with E-state index in [2.05, 4.69) is 27.0 Å². The lowest BCUT2D eigenvalue weighted by atomic mass is 10.2. The lowest BCUT2D eigenvalue weighted by molar-refractivity contribution is -0.880. The van der Waals surface area contributed by atoms with Crippen molar-refractivity contribution < 1.29 is 36.1 Å². The number of carbonyl (C=O) groups excluding carboxylic acids is 2. The zero-order chi connectivity index (χ0) is 22.6. The predicted molar refractivity (Wildman–Crippen MR) is 105 cm³/mol. The standard InChI is InChI=1S/2C9H18NO.H2O4S/c2*1-6-10(4,5)7-9(11)8(2)3;1-5(2,3)4/h2*2,6-7H2,1,3-5H3;(H2,1,2,3,4)/q2*+1;/p-2. The van der Waals surface area contributed by atoms with Crippen LogP contribution in [-0.4, -0.2) is 92.4 Å². The van der Waals surface area contributed by atoms with Crippen molar-refractivity contribution in [2.24, 2.45) is 0 Å². The highest BCUT2D eigenvalue weighted by Gasteiger charge is 2.18. The average Bonchev–Trinajstić information content (AvgIpc) is 2.45. The normalized spacial score (nSPS) is 11.3. The summed E-state index contributed by atoms with van der Waals surface area (Å²) >= 11 is 0. The van der Waals surface area contributed by atoms with E-state index in [1.54, 1.807) is 13.8 Å². The summed E-state index contributed by atoms with van der Waals surface area (Å²) in [6.07, 6.45) is 0. The summed E-state index contributed by atoms with van der Waals surface area (Å²) in [5, 5.41) is 0. The van der Waals surface area contributed by atoms with Crippen LogP contribution in [0.2, 0.25) is 0 Å². The molecule has 160 valence electrons. The molecule has 0 radical (unpaired) electrons. The molecule has 27 heavy (non-hydrogen) atoms. The van der Waals surface area contributed by atoms with Gasteiger partial charge in [-0.15, -0.1) is 0 Å². The van der Waals surface area contributed by atoms with E-state index >= 15 is 0 Å². The van der Waals surface area contributed by atoms with Gasteiger partial charge in [0.15, 0.2) is 0 Å². The number of Topliss-reactive ketones (excluding diaryl/α,β-unsaturated/α-hetero) is 2. The van der Waals surface area contributed by atoms with Crippen LogP contribution in [0.1, 0.15) is 27.7 Å². The van der Waals surface area contributed by atoms with Crippen LogP contribution in [0.3, 0.4) is 0 Å². The number of likely N-dealkylation sites (N-methyl/N-ethyl adjacent to an activating group) is 2. The van der Waals surface area contributed by atoms with Gasteiger partial charge in [0.25, 0.3) is 0 Å². The van der Waals surface area contributed by atoms with E-state index < -0.39 is 10.4 Å². The van der Waals surface area contributed by atoms with Crippen molar-refractivity contribution in [1.82, 2.24) is 0 Å². The quantitative estimate of drug-likeness (QED) is 0.257. The Balaban J connectivity index is -0.000000344. The molecule has 0 aliphatic carbocycles. The molecule has 0 heterocycles. The van der Waals surface area contributed by atoms with Crippen molar-refractivity contribution in [1.29, 1.82) is 0 Å². The van der Waals surface area contributed by atoms with Gasteiger partial charge in [0, 0.05) is 10.4 Å². The zero-order valence-electron chi connectivity index (χ0n) is 18.0. The van der Waals surface area contributed by atoms with E-state index in [9.17, 15) is 9.59 Å². The maximum absolute atomic E-state index is 11.2. The minimum atomic E-state index is -5.17. The van der Waals surface area contributed by atoms with E-state index in [1.807, 2.05) is 28.2 Å². The van der Waals surface area contributed by atoms with Gasteiger partial charge < -0.3 is 18.1 Å². The van der Waals surface area contributed by atoms with Crippen LogP contribution < -0.4 is 0 Å². The maximum Gasteiger partial charge on any atom is 0.212 e. The fraction of sp³-hybridized carbons (Fsp3) is 0.667. The first kappa shape index (κ1) is 30.3. The van der Waals surface area contributed by atoms with E-state index in [4.69, 9.17) is 17.5 Å². The van der Waals surface area contributed by atoms with Crippen LogP contribution in [0.25, 0.3) is 0 Å². The second kappa shape index (κ2) is 12.9. The third kappa shape index (κ3) is 24.6. The molecule has 0 saturated heterocycles. The Morgan fingerprint density at radius 1 is 0.778 bits per heavy atom. The van der Waals surface area contributed by atoms with Crippen LogP contribution in [0.15, 0.2) is 24.3 Å². The molecule has 0 aliphatic heterocycles. The number of hydrogen-bond donors (Lipinski definition) is 0. The van der Waals surface area contributed by atoms with Crippen molar-refractivity contribution >= 4 is 22.0 Å². The highest BCUT2D eigenvalue weighted by atomic mass is 32.3. The number of carbonyl (C=O) groups is 2. The number of quaternary nitrogens is 2. The Labute approximate surface area is 164 Å². The fourth-order valence-corrected chi connectivity index (χ4v) is 1.27. The van der Waals surface area contributed by atoms with Crippen LogP contribution in [0, 0.1) is 0 Å². The molecule has 0 amide bonds. The van der Waals surface area contributed by atoms with Crippen molar-refractivity contribution in [2.75, 3.05) is 54.4 Å². The largest absolute Gasteiger partial charge is 0.759 e. The number of hydrogen-bond acceptors (Lipinski definition) is 6. The van der Waals surface area contributed by atoms with Gasteiger partial charge in [-0.05, 0) is 38.8 Å². The smallest absolute Gasteiger partial charge is 0.212 e. The highest BCUT2D eigenvalue weighted by molar-refractivity contribution is 7.79. The molecule has 0 N–H and O–H groups in total. The van der Waals surface area contributed by atoms with E-state index in [0.29, 0.717) is 24.2 Å². The summed E-state index contributed by atoms with van der Waals surface area (Å²) in [7, 11) is 3.00. The molecule has 8 nitrogen and oxygen atoms in total. The summed E-state index contributed by atoms with van der Waals surface area (Å²) in [6.45, 7) is 18.0. The average molecular weight is 409 g/mol. The highest BCUT2D eigenvalue weighted by Crippen LogP contribution is 2.00. The van der Waals surface area contributed by atoms with E-state index in [0.717, 1.165) is 22.1 Å². The SMILES string of the molecule is C=C(C)C(=O)C[N+](C)(C)CC.C=C(C)C(=O)C[N+](C)(C)CC.O=S(=O)([O-])[O-]. The van der Waals surface area contributed by atoms with Crippen LogP contribution in [0.5, 0.6) is 0 Å². The lowest BCUT2D eigenvalue weighted by Crippen LogP contribution is -2.43. The number of ketones is 2. The van der Waals surface area contributed by atoms with Gasteiger partial charge in [0.2, 0.25) is 11.6 Å². The van der Waals surface area contributed by atoms with Gasteiger partial charge in [0.1, 0.15) is 13.1 Å². The first-order valence-electron chi connectivity index (χ1n) is 8.46. The Hall–Kier alpha value is -1.39. The molecule has 0 unspecified atom stereocenters. The molecule has 0 aromatic heterocycles. The third-order valence-electron chi connectivity index (χ3n) is 3.81. The second-order valence-corrected chi connectivity index (χ2v) is 8.45. The van der Waals surface area contributed by atoms with Gasteiger partial charge in [-0.1, -0.05) is 13.2 Å². The molecule has 0 saturated carbocycles. The maximum atomic E-state index is 11.2. The summed E-state index contributed by atoms with van der Waals surface area (Å²) in [4.78, 5) is 22.4. The molecule has 0 aliphatic rings. The summed E-state index contributed by atoms with van der Waals surface area (Å²) < 4.78 is 35.6. The molecular formula is C18H36N2O6S. The summed E-state index contributed by atoms with van der Waals surface area (Å²) in [5.41, 5.74) is 1.31. The van der Waals surface area contributed by atoms with E-state index in [-0.39, 0.29) is 11.6 Å². The molecule has 9 heteroatoms. The number of nitrogens with zero attached hydrogens (tertiary/aromatic N) is 2. The molecule has 0 fully saturated rings. The molecular weight excluding hydrogens is 372 g/mol. The Kier molecular flexibility index (Phi) is 14.5. The monoisotopic (exact) mass is 408 g/mol. The van der Waals surface area contributed by atoms with Crippen molar-refractivity contribution in [2.45, 2.75) is 27.7 Å². The lowest BCUT2D eigenvalue weighted by Gasteiger charge is -2.27. The summed E-state index contributed by atoms with van der Waals surface area (Å²) in [6, 6.07) is 0. The first-order chi connectivity index (χ1) is 11.8. The Morgan fingerprint density at radius 2 is 0.963 bits per heavy atom. The molecule has 0 bridgehead atoms. The van der Waals surface area contributed by atoms with Gasteiger partial charge >= 0.3 is 0 Å². The predicted octanol–water partition coefficient (Wildman–Crippen LogP) is 1.12. The second-order valence-electron chi connectivity index (χ2n) is 7.64. The van der Waals surface area contributed by atoms with Gasteiger partial charge in [-0.3, -0.25) is 18.0 Å². The number of rotatable bonds is 8.